The van der Waals surface area contributed by atoms with Crippen LogP contribution in [0, 0.1) is 0 Å². The van der Waals surface area contributed by atoms with E-state index in [-0.39, 0.29) is 15.7 Å². The Bertz CT molecular complexity index is 1280. The van der Waals surface area contributed by atoms with Gasteiger partial charge in [0.2, 0.25) is 0 Å². The molecule has 3 N–H and O–H groups in total. The van der Waals surface area contributed by atoms with Gasteiger partial charge in [-0.1, -0.05) is 65.5 Å². The van der Waals surface area contributed by atoms with Gasteiger partial charge in [0.1, 0.15) is 5.75 Å². The van der Waals surface area contributed by atoms with Crippen LogP contribution in [0.1, 0.15) is 89.3 Å². The van der Waals surface area contributed by atoms with E-state index in [2.05, 4.69) is 59.9 Å². The topological polar surface area (TPSA) is 144 Å². The van der Waals surface area contributed by atoms with E-state index in [0.717, 1.165) is 42.4 Å². The van der Waals surface area contributed by atoms with E-state index >= 15 is 0 Å². The molecule has 0 atom stereocenters. The van der Waals surface area contributed by atoms with Crippen LogP contribution in [0.3, 0.4) is 0 Å². The zero-order valence-corrected chi connectivity index (χ0v) is 23.6. The first-order valence-corrected chi connectivity index (χ1v) is 14.7. The minimum atomic E-state index is -4.08. The highest BCUT2D eigenvalue weighted by Crippen LogP contribution is 2.49. The standard InChI is InChI=1S/C28H39N5O4S/c1-5-14-28(15-7-6-8-16-28)24-19-20(18-23(25(24)34)27(2,3)4)13-17-30-26(35)31-21-9-11-22(12-10-21)38(36,37)33-32-29/h9-12,18-19,34H,5-8,13-17H2,1-4H3,(H2,30,31,35). The summed E-state index contributed by atoms with van der Waals surface area (Å²) in [4.78, 5) is 14.6. The number of hydrogen-bond donors (Lipinski definition) is 3. The van der Waals surface area contributed by atoms with E-state index < -0.39 is 16.1 Å². The van der Waals surface area contributed by atoms with Gasteiger partial charge in [-0.2, -0.15) is 0 Å². The van der Waals surface area contributed by atoms with Gasteiger partial charge in [-0.3, -0.25) is 0 Å². The lowest BCUT2D eigenvalue weighted by Crippen LogP contribution is -2.31. The number of carbonyl (C=O) groups is 1. The molecule has 0 unspecified atom stereocenters. The number of azide groups is 1. The number of carbonyl (C=O) groups excluding carboxylic acids is 1. The normalized spacial score (nSPS) is 15.4. The molecule has 1 aliphatic carbocycles. The number of aromatic hydroxyl groups is 1. The van der Waals surface area contributed by atoms with E-state index in [1.807, 2.05) is 0 Å². The van der Waals surface area contributed by atoms with E-state index in [1.54, 1.807) is 0 Å². The third kappa shape index (κ3) is 6.99. The minimum Gasteiger partial charge on any atom is -0.507 e. The predicted octanol–water partition coefficient (Wildman–Crippen LogP) is 7.05. The van der Waals surface area contributed by atoms with Crippen molar-refractivity contribution in [3.8, 4) is 5.75 Å². The maximum Gasteiger partial charge on any atom is 0.319 e. The molecule has 1 saturated carbocycles. The number of sulfonamides is 1. The van der Waals surface area contributed by atoms with Gasteiger partial charge in [0.25, 0.3) is 10.0 Å². The van der Waals surface area contributed by atoms with Crippen LogP contribution in [0.4, 0.5) is 10.5 Å². The van der Waals surface area contributed by atoms with Gasteiger partial charge in [0.15, 0.2) is 0 Å². The number of hydrogen-bond acceptors (Lipinski definition) is 4. The second kappa shape index (κ2) is 12.1. The molecular weight excluding hydrogens is 502 g/mol. The van der Waals surface area contributed by atoms with Crippen molar-refractivity contribution in [1.82, 2.24) is 5.32 Å². The van der Waals surface area contributed by atoms with Crippen LogP contribution in [0.15, 0.2) is 45.8 Å². The van der Waals surface area contributed by atoms with Gasteiger partial charge in [-0.05, 0) is 77.4 Å². The van der Waals surface area contributed by atoms with Crippen molar-refractivity contribution >= 4 is 21.7 Å². The van der Waals surface area contributed by atoms with Crippen LogP contribution in [-0.2, 0) is 27.3 Å². The zero-order chi connectivity index (χ0) is 28.0. The molecule has 0 spiro atoms. The molecule has 2 aromatic carbocycles. The molecule has 38 heavy (non-hydrogen) atoms. The van der Waals surface area contributed by atoms with Crippen LogP contribution in [0.5, 0.6) is 5.75 Å². The molecule has 9 nitrogen and oxygen atoms in total. The van der Waals surface area contributed by atoms with E-state index in [1.165, 1.54) is 43.5 Å². The fourth-order valence-electron chi connectivity index (χ4n) is 5.48. The smallest absolute Gasteiger partial charge is 0.319 e. The Kier molecular flexibility index (Phi) is 9.33. The molecule has 0 heterocycles. The average Bonchev–Trinajstić information content (AvgIpc) is 2.85. The van der Waals surface area contributed by atoms with Gasteiger partial charge in [0.05, 0.1) is 4.90 Å². The second-order valence-corrected chi connectivity index (χ2v) is 12.8. The zero-order valence-electron chi connectivity index (χ0n) is 22.7. The third-order valence-electron chi connectivity index (χ3n) is 7.34. The number of amides is 2. The number of benzene rings is 2. The fraction of sp³-hybridized carbons (Fsp3) is 0.536. The largest absolute Gasteiger partial charge is 0.507 e. The third-order valence-corrected chi connectivity index (χ3v) is 8.50. The number of urea groups is 1. The number of nitrogens with one attached hydrogen (secondary N) is 2. The summed E-state index contributed by atoms with van der Waals surface area (Å²) >= 11 is 0. The highest BCUT2D eigenvalue weighted by atomic mass is 32.2. The maximum absolute atomic E-state index is 12.5. The molecular formula is C28H39N5O4S. The Hall–Kier alpha value is -3.23. The Morgan fingerprint density at radius 2 is 1.79 bits per heavy atom. The van der Waals surface area contributed by atoms with Crippen molar-refractivity contribution in [3.63, 3.8) is 0 Å². The monoisotopic (exact) mass is 541 g/mol. The van der Waals surface area contributed by atoms with Crippen LogP contribution >= 0.6 is 0 Å². The van der Waals surface area contributed by atoms with Crippen LogP contribution in [0.25, 0.3) is 10.4 Å². The highest BCUT2D eigenvalue weighted by Gasteiger charge is 2.37. The predicted molar refractivity (Wildman–Crippen MR) is 150 cm³/mol. The van der Waals surface area contributed by atoms with Crippen LogP contribution in [0.2, 0.25) is 0 Å². The first-order valence-electron chi connectivity index (χ1n) is 13.2. The van der Waals surface area contributed by atoms with Gasteiger partial charge in [-0.15, -0.1) is 0 Å². The summed E-state index contributed by atoms with van der Waals surface area (Å²) < 4.78 is 26.4. The Morgan fingerprint density at radius 3 is 2.37 bits per heavy atom. The summed E-state index contributed by atoms with van der Waals surface area (Å²) in [5.74, 6) is 0.424. The molecule has 0 aliphatic heterocycles. The number of nitrogens with zero attached hydrogens (tertiary/aromatic N) is 3. The summed E-state index contributed by atoms with van der Waals surface area (Å²) in [5.41, 5.74) is 11.6. The summed E-state index contributed by atoms with van der Waals surface area (Å²) in [5, 5.41) is 17.0. The van der Waals surface area contributed by atoms with E-state index in [0.29, 0.717) is 24.4 Å². The molecule has 206 valence electrons. The number of phenolic OH excluding ortho intramolecular Hbond substituents is 1. The summed E-state index contributed by atoms with van der Waals surface area (Å²) in [6, 6.07) is 9.18. The lowest BCUT2D eigenvalue weighted by atomic mass is 9.65. The first-order chi connectivity index (χ1) is 17.9. The van der Waals surface area contributed by atoms with E-state index in [4.69, 9.17) is 5.53 Å². The Balaban J connectivity index is 1.73. The van der Waals surface area contributed by atoms with Crippen molar-refractivity contribution in [1.29, 1.82) is 0 Å². The molecule has 0 radical (unpaired) electrons. The minimum absolute atomic E-state index is 0.00388. The highest BCUT2D eigenvalue weighted by molar-refractivity contribution is 7.90. The summed E-state index contributed by atoms with van der Waals surface area (Å²) in [7, 11) is -4.08. The van der Waals surface area contributed by atoms with Crippen molar-refractivity contribution in [3.05, 3.63) is 63.5 Å². The van der Waals surface area contributed by atoms with Crippen molar-refractivity contribution in [2.24, 2.45) is 4.52 Å². The van der Waals surface area contributed by atoms with Gasteiger partial charge >= 0.3 is 6.03 Å². The Labute approximate surface area is 225 Å². The summed E-state index contributed by atoms with van der Waals surface area (Å²) in [6.07, 6.45) is 8.49. The molecule has 1 aliphatic rings. The quantitative estimate of drug-likeness (QED) is 0.177. The summed E-state index contributed by atoms with van der Waals surface area (Å²) in [6.45, 7) is 8.93. The van der Waals surface area contributed by atoms with Crippen molar-refractivity contribution < 1.29 is 18.3 Å². The van der Waals surface area contributed by atoms with Gasteiger partial charge in [-0.25, -0.2) is 13.2 Å². The maximum atomic E-state index is 12.5. The molecule has 0 aromatic heterocycles. The molecule has 0 bridgehead atoms. The average molecular weight is 542 g/mol. The molecule has 10 heteroatoms. The van der Waals surface area contributed by atoms with Gasteiger partial charge in [0, 0.05) is 27.2 Å². The van der Waals surface area contributed by atoms with Gasteiger partial charge < -0.3 is 15.7 Å². The number of rotatable bonds is 9. The SMILES string of the molecule is CCCC1(c2cc(CCNC(=O)Nc3ccc(S(=O)(=O)N=[N+]=[N-])cc3)cc(C(C)(C)C)c2O)CCCCC1. The molecule has 2 amide bonds. The lowest BCUT2D eigenvalue weighted by Gasteiger charge is -2.40. The first kappa shape index (κ1) is 29.3. The van der Waals surface area contributed by atoms with Crippen LogP contribution in [-0.4, -0.2) is 26.1 Å². The molecule has 1 fully saturated rings. The fourth-order valence-corrected chi connectivity index (χ4v) is 6.15. The van der Waals surface area contributed by atoms with Crippen molar-refractivity contribution in [2.75, 3.05) is 11.9 Å². The molecule has 2 aromatic rings. The van der Waals surface area contributed by atoms with Crippen LogP contribution < -0.4 is 10.6 Å². The number of anilines is 1. The molecule has 3 rings (SSSR count). The lowest BCUT2D eigenvalue weighted by molar-refractivity contribution is 0.252. The van der Waals surface area contributed by atoms with Crippen molar-refractivity contribution in [2.45, 2.75) is 94.8 Å². The Morgan fingerprint density at radius 1 is 1.13 bits per heavy atom. The van der Waals surface area contributed by atoms with E-state index in [9.17, 15) is 18.3 Å². The molecule has 0 saturated heterocycles. The number of phenols is 1. The second-order valence-electron chi connectivity index (χ2n) is 11.2.